The molecule has 0 radical (unpaired) electrons. The lowest BCUT2D eigenvalue weighted by atomic mass is 9.97. The number of thioether (sulfide) groups is 1. The normalized spacial score (nSPS) is 12.2. The van der Waals surface area contributed by atoms with Crippen LogP contribution in [0.2, 0.25) is 0 Å². The van der Waals surface area contributed by atoms with E-state index in [0.717, 1.165) is 21.2 Å². The molecule has 3 aromatic carbocycles. The van der Waals surface area contributed by atoms with Gasteiger partial charge in [0, 0.05) is 4.90 Å². The van der Waals surface area contributed by atoms with Crippen LogP contribution in [0.4, 0.5) is 5.69 Å². The average molecular weight is 527 g/mol. The van der Waals surface area contributed by atoms with Crippen molar-refractivity contribution >= 4 is 33.4 Å². The standard InChI is InChI=1S/C28H34N2O4S2/c1-5-34-24-13-11-23(12-14-24)30(36(32,33)26-17-15-25(35-4)16-18-26)20-28(31)29-27(19-21(2)3)22-9-7-6-8-10-22/h6-18,21,27H,5,19-20H2,1-4H3,(H,29,31)/t27-/m0/s1. The van der Waals surface area contributed by atoms with Crippen LogP contribution in [0.1, 0.15) is 38.8 Å². The van der Waals surface area contributed by atoms with Crippen LogP contribution >= 0.6 is 11.8 Å². The fraction of sp³-hybridized carbons (Fsp3) is 0.321. The number of amides is 1. The SMILES string of the molecule is CCOc1ccc(N(CC(=O)N[C@@H](CC(C)C)c2ccccc2)S(=O)(=O)c2ccc(SC)cc2)cc1. The molecule has 1 amide bonds. The van der Waals surface area contributed by atoms with Crippen LogP contribution in [-0.4, -0.2) is 33.7 Å². The Morgan fingerprint density at radius 1 is 0.972 bits per heavy atom. The van der Waals surface area contributed by atoms with Gasteiger partial charge in [0.25, 0.3) is 10.0 Å². The summed E-state index contributed by atoms with van der Waals surface area (Å²) in [5.74, 6) is 0.604. The van der Waals surface area contributed by atoms with Crippen molar-refractivity contribution in [1.29, 1.82) is 0 Å². The van der Waals surface area contributed by atoms with Gasteiger partial charge in [0.15, 0.2) is 0 Å². The van der Waals surface area contributed by atoms with Gasteiger partial charge in [-0.05, 0) is 79.6 Å². The van der Waals surface area contributed by atoms with E-state index in [9.17, 15) is 13.2 Å². The molecule has 0 aliphatic heterocycles. The Morgan fingerprint density at radius 2 is 1.61 bits per heavy atom. The van der Waals surface area contributed by atoms with Crippen LogP contribution in [0, 0.1) is 5.92 Å². The first-order valence-corrected chi connectivity index (χ1v) is 14.6. The van der Waals surface area contributed by atoms with E-state index >= 15 is 0 Å². The average Bonchev–Trinajstić information content (AvgIpc) is 2.88. The van der Waals surface area contributed by atoms with Crippen LogP contribution in [0.5, 0.6) is 5.75 Å². The number of anilines is 1. The maximum atomic E-state index is 13.7. The first-order valence-electron chi connectivity index (χ1n) is 12.0. The molecule has 0 unspecified atom stereocenters. The lowest BCUT2D eigenvalue weighted by molar-refractivity contribution is -0.120. The molecule has 0 spiro atoms. The molecule has 0 saturated carbocycles. The third-order valence-electron chi connectivity index (χ3n) is 5.61. The Morgan fingerprint density at radius 3 is 2.17 bits per heavy atom. The zero-order chi connectivity index (χ0) is 26.1. The molecule has 0 aliphatic carbocycles. The van der Waals surface area contributed by atoms with Crippen molar-refractivity contribution in [3.8, 4) is 5.75 Å². The Bertz CT molecular complexity index is 1210. The summed E-state index contributed by atoms with van der Waals surface area (Å²) in [7, 11) is -4.00. The number of hydrogen-bond donors (Lipinski definition) is 1. The molecule has 3 aromatic rings. The maximum Gasteiger partial charge on any atom is 0.264 e. The third kappa shape index (κ3) is 7.27. The second kappa shape index (κ2) is 12.8. The lowest BCUT2D eigenvalue weighted by Gasteiger charge is -2.27. The largest absolute Gasteiger partial charge is 0.494 e. The van der Waals surface area contributed by atoms with E-state index in [-0.39, 0.29) is 23.4 Å². The molecule has 192 valence electrons. The van der Waals surface area contributed by atoms with E-state index < -0.39 is 10.0 Å². The number of sulfonamides is 1. The highest BCUT2D eigenvalue weighted by Crippen LogP contribution is 2.28. The van der Waals surface area contributed by atoms with E-state index in [4.69, 9.17) is 4.74 Å². The molecule has 0 saturated heterocycles. The van der Waals surface area contributed by atoms with E-state index in [0.29, 0.717) is 24.0 Å². The first-order chi connectivity index (χ1) is 17.2. The number of ether oxygens (including phenoxy) is 1. The van der Waals surface area contributed by atoms with E-state index in [1.165, 1.54) is 11.8 Å². The molecule has 1 N–H and O–H groups in total. The van der Waals surface area contributed by atoms with E-state index in [1.807, 2.05) is 43.5 Å². The van der Waals surface area contributed by atoms with E-state index in [2.05, 4.69) is 19.2 Å². The lowest BCUT2D eigenvalue weighted by Crippen LogP contribution is -2.42. The molecule has 6 nitrogen and oxygen atoms in total. The zero-order valence-electron chi connectivity index (χ0n) is 21.2. The van der Waals surface area contributed by atoms with Crippen molar-refractivity contribution < 1.29 is 17.9 Å². The predicted octanol–water partition coefficient (Wildman–Crippen LogP) is 5.91. The summed E-state index contributed by atoms with van der Waals surface area (Å²) >= 11 is 1.53. The highest BCUT2D eigenvalue weighted by atomic mass is 32.2. The van der Waals surface area contributed by atoms with Crippen LogP contribution in [0.15, 0.2) is 88.7 Å². The summed E-state index contributed by atoms with van der Waals surface area (Å²) in [6.45, 7) is 6.23. The zero-order valence-corrected chi connectivity index (χ0v) is 22.8. The van der Waals surface area contributed by atoms with Gasteiger partial charge < -0.3 is 10.1 Å². The van der Waals surface area contributed by atoms with Gasteiger partial charge in [-0.1, -0.05) is 44.2 Å². The van der Waals surface area contributed by atoms with E-state index in [1.54, 1.807) is 48.5 Å². The van der Waals surface area contributed by atoms with Gasteiger partial charge in [0.1, 0.15) is 12.3 Å². The third-order valence-corrected chi connectivity index (χ3v) is 8.15. The van der Waals surface area contributed by atoms with Crippen molar-refractivity contribution in [2.75, 3.05) is 23.7 Å². The molecule has 0 bridgehead atoms. The number of rotatable bonds is 12. The number of nitrogens with one attached hydrogen (secondary N) is 1. The molecular formula is C28H34N2O4S2. The summed E-state index contributed by atoms with van der Waals surface area (Å²) in [5.41, 5.74) is 1.38. The molecule has 36 heavy (non-hydrogen) atoms. The number of carbonyl (C=O) groups is 1. The molecule has 8 heteroatoms. The Labute approximate surface area is 219 Å². The van der Waals surface area contributed by atoms with Crippen molar-refractivity contribution in [3.63, 3.8) is 0 Å². The topological polar surface area (TPSA) is 75.7 Å². The summed E-state index contributed by atoms with van der Waals surface area (Å²) < 4.78 is 34.1. The van der Waals surface area contributed by atoms with Gasteiger partial charge in [0.05, 0.1) is 23.2 Å². The monoisotopic (exact) mass is 526 g/mol. The summed E-state index contributed by atoms with van der Waals surface area (Å²) in [6, 6.07) is 23.0. The molecule has 0 heterocycles. The van der Waals surface area contributed by atoms with Gasteiger partial charge >= 0.3 is 0 Å². The Balaban J connectivity index is 1.92. The maximum absolute atomic E-state index is 13.7. The van der Waals surface area contributed by atoms with Crippen molar-refractivity contribution in [2.45, 2.75) is 43.0 Å². The molecular weight excluding hydrogens is 492 g/mol. The Hall–Kier alpha value is -2.97. The highest BCUT2D eigenvalue weighted by molar-refractivity contribution is 7.98. The minimum atomic E-state index is -4.00. The van der Waals surface area contributed by atoms with Crippen molar-refractivity contribution in [2.24, 2.45) is 5.92 Å². The molecule has 0 aliphatic rings. The van der Waals surface area contributed by atoms with Crippen molar-refractivity contribution in [1.82, 2.24) is 5.32 Å². The summed E-state index contributed by atoms with van der Waals surface area (Å²) in [5, 5.41) is 3.07. The van der Waals surface area contributed by atoms with Gasteiger partial charge in [0.2, 0.25) is 5.91 Å². The predicted molar refractivity (Wildman–Crippen MR) is 147 cm³/mol. The molecule has 0 aromatic heterocycles. The van der Waals surface area contributed by atoms with Gasteiger partial charge in [-0.3, -0.25) is 9.10 Å². The minimum absolute atomic E-state index is 0.128. The number of nitrogens with zero attached hydrogens (tertiary/aromatic N) is 1. The van der Waals surface area contributed by atoms with Crippen LogP contribution in [-0.2, 0) is 14.8 Å². The second-order valence-electron chi connectivity index (χ2n) is 8.77. The highest BCUT2D eigenvalue weighted by Gasteiger charge is 2.28. The van der Waals surface area contributed by atoms with Crippen LogP contribution in [0.25, 0.3) is 0 Å². The van der Waals surface area contributed by atoms with Crippen LogP contribution in [0.3, 0.4) is 0 Å². The summed E-state index contributed by atoms with van der Waals surface area (Å²) in [6.07, 6.45) is 2.67. The Kier molecular flexibility index (Phi) is 9.84. The fourth-order valence-electron chi connectivity index (χ4n) is 3.87. The number of hydrogen-bond acceptors (Lipinski definition) is 5. The van der Waals surface area contributed by atoms with Gasteiger partial charge in [-0.25, -0.2) is 8.42 Å². The number of benzene rings is 3. The molecule has 1 atom stereocenters. The van der Waals surface area contributed by atoms with Gasteiger partial charge in [-0.2, -0.15) is 0 Å². The summed E-state index contributed by atoms with van der Waals surface area (Å²) in [4.78, 5) is 14.4. The smallest absolute Gasteiger partial charge is 0.264 e. The minimum Gasteiger partial charge on any atom is -0.494 e. The quantitative estimate of drug-likeness (QED) is 0.297. The fourth-order valence-corrected chi connectivity index (χ4v) is 5.70. The number of carbonyl (C=O) groups excluding carboxylic acids is 1. The van der Waals surface area contributed by atoms with Gasteiger partial charge in [-0.15, -0.1) is 11.8 Å². The van der Waals surface area contributed by atoms with Crippen LogP contribution < -0.4 is 14.4 Å². The van der Waals surface area contributed by atoms with Crippen molar-refractivity contribution in [3.05, 3.63) is 84.4 Å². The first kappa shape index (κ1) is 27.6. The molecule has 3 rings (SSSR count). The molecule has 0 fully saturated rings. The second-order valence-corrected chi connectivity index (χ2v) is 11.5.